The number of rotatable bonds is 5. The van der Waals surface area contributed by atoms with Crippen molar-refractivity contribution in [1.29, 1.82) is 0 Å². The molecule has 0 fully saturated rings. The third-order valence-corrected chi connectivity index (χ3v) is 1.85. The van der Waals surface area contributed by atoms with Crippen LogP contribution in [0.1, 0.15) is 0 Å². The van der Waals surface area contributed by atoms with Gasteiger partial charge in [0.15, 0.2) is 0 Å². The van der Waals surface area contributed by atoms with E-state index in [9.17, 15) is 9.59 Å². The van der Waals surface area contributed by atoms with Crippen molar-refractivity contribution >= 4 is 11.8 Å². The molecule has 0 aromatic carbocycles. The smallest absolute Gasteiger partial charge is 0.309 e. The molecule has 0 aliphatic rings. The molecule has 0 aliphatic carbocycles. The third kappa shape index (κ3) is 4.09. The number of nitrogens with zero attached hydrogens (tertiary/aromatic N) is 2. The molecule has 0 unspecified atom stereocenters. The Balaban J connectivity index is 2.17. The van der Waals surface area contributed by atoms with Crippen LogP contribution in [0.25, 0.3) is 0 Å². The zero-order chi connectivity index (χ0) is 11.8. The number of nitrogens with two attached hydrogens (primary N) is 1. The van der Waals surface area contributed by atoms with Crippen molar-refractivity contribution in [3.63, 3.8) is 0 Å². The first-order valence-electron chi connectivity index (χ1n) is 4.96. The lowest BCUT2D eigenvalue weighted by Crippen LogP contribution is -2.42. The molecular weight excluding hydrogens is 210 g/mol. The van der Waals surface area contributed by atoms with Crippen LogP contribution in [0.2, 0.25) is 0 Å². The van der Waals surface area contributed by atoms with Crippen LogP contribution in [0.4, 0.5) is 0 Å². The van der Waals surface area contributed by atoms with Crippen molar-refractivity contribution in [2.24, 2.45) is 5.73 Å². The minimum absolute atomic E-state index is 0.299. The van der Waals surface area contributed by atoms with Crippen molar-refractivity contribution in [3.8, 4) is 0 Å². The highest BCUT2D eigenvalue weighted by atomic mass is 16.2. The SMILES string of the molecule is NCCNC(=O)C(=O)NCCn1ccnc1. The molecule has 0 saturated heterocycles. The monoisotopic (exact) mass is 225 g/mol. The van der Waals surface area contributed by atoms with Crippen LogP contribution in [0, 0.1) is 0 Å². The zero-order valence-corrected chi connectivity index (χ0v) is 8.85. The molecule has 0 atom stereocenters. The Morgan fingerprint density at radius 1 is 1.25 bits per heavy atom. The van der Waals surface area contributed by atoms with Gasteiger partial charge in [0, 0.05) is 38.6 Å². The Morgan fingerprint density at radius 3 is 2.50 bits per heavy atom. The maximum atomic E-state index is 11.2. The van der Waals surface area contributed by atoms with E-state index in [0.29, 0.717) is 26.2 Å². The van der Waals surface area contributed by atoms with Gasteiger partial charge in [-0.2, -0.15) is 0 Å². The zero-order valence-electron chi connectivity index (χ0n) is 8.85. The fraction of sp³-hybridized carbons (Fsp3) is 0.444. The summed E-state index contributed by atoms with van der Waals surface area (Å²) in [6.07, 6.45) is 5.07. The number of hydrogen-bond donors (Lipinski definition) is 3. The summed E-state index contributed by atoms with van der Waals surface area (Å²) < 4.78 is 1.80. The average Bonchev–Trinajstić information content (AvgIpc) is 2.78. The van der Waals surface area contributed by atoms with E-state index >= 15 is 0 Å². The first-order chi connectivity index (χ1) is 7.74. The maximum Gasteiger partial charge on any atom is 0.309 e. The molecule has 0 saturated carbocycles. The molecule has 16 heavy (non-hydrogen) atoms. The summed E-state index contributed by atoms with van der Waals surface area (Å²) in [4.78, 5) is 26.1. The van der Waals surface area contributed by atoms with E-state index in [1.807, 2.05) is 0 Å². The lowest BCUT2D eigenvalue weighted by Gasteiger charge is -2.05. The average molecular weight is 225 g/mol. The lowest BCUT2D eigenvalue weighted by molar-refractivity contribution is -0.139. The van der Waals surface area contributed by atoms with Gasteiger partial charge in [-0.05, 0) is 0 Å². The Bertz CT molecular complexity index is 336. The normalized spacial score (nSPS) is 9.81. The van der Waals surface area contributed by atoms with Crippen LogP contribution in [-0.2, 0) is 16.1 Å². The summed E-state index contributed by atoms with van der Waals surface area (Å²) >= 11 is 0. The van der Waals surface area contributed by atoms with E-state index in [1.165, 1.54) is 0 Å². The molecule has 1 aromatic rings. The highest BCUT2D eigenvalue weighted by molar-refractivity contribution is 6.35. The van der Waals surface area contributed by atoms with Gasteiger partial charge >= 0.3 is 11.8 Å². The molecule has 4 N–H and O–H groups in total. The van der Waals surface area contributed by atoms with E-state index in [1.54, 1.807) is 23.3 Å². The van der Waals surface area contributed by atoms with Crippen LogP contribution in [-0.4, -0.2) is 41.0 Å². The number of amides is 2. The molecule has 0 radical (unpaired) electrons. The third-order valence-electron chi connectivity index (χ3n) is 1.85. The summed E-state index contributed by atoms with van der Waals surface area (Å²) in [5.41, 5.74) is 5.18. The van der Waals surface area contributed by atoms with Gasteiger partial charge in [-0.3, -0.25) is 9.59 Å². The molecular formula is C9H15N5O2. The first kappa shape index (κ1) is 12.2. The molecule has 0 spiro atoms. The van der Waals surface area contributed by atoms with Gasteiger partial charge < -0.3 is 20.9 Å². The molecule has 7 nitrogen and oxygen atoms in total. The second kappa shape index (κ2) is 6.57. The standard InChI is InChI=1S/C9H15N5O2/c10-1-2-12-8(15)9(16)13-4-6-14-5-3-11-7-14/h3,5,7H,1-2,4,6,10H2,(H,12,15)(H,13,16). The lowest BCUT2D eigenvalue weighted by atomic mass is 10.5. The van der Waals surface area contributed by atoms with E-state index in [2.05, 4.69) is 15.6 Å². The number of imidazole rings is 1. The van der Waals surface area contributed by atoms with Gasteiger partial charge in [0.2, 0.25) is 0 Å². The van der Waals surface area contributed by atoms with Crippen LogP contribution in [0.3, 0.4) is 0 Å². The molecule has 1 heterocycles. The summed E-state index contributed by atoms with van der Waals surface area (Å²) in [6, 6.07) is 0. The summed E-state index contributed by atoms with van der Waals surface area (Å²) in [5.74, 6) is -1.30. The summed E-state index contributed by atoms with van der Waals surface area (Å²) in [6.45, 7) is 1.57. The van der Waals surface area contributed by atoms with Gasteiger partial charge in [-0.1, -0.05) is 0 Å². The number of nitrogens with one attached hydrogen (secondary N) is 2. The minimum Gasteiger partial charge on any atom is -0.347 e. The first-order valence-corrected chi connectivity index (χ1v) is 4.96. The Labute approximate surface area is 93.0 Å². The van der Waals surface area contributed by atoms with Gasteiger partial charge in [-0.25, -0.2) is 4.98 Å². The Hall–Kier alpha value is -1.89. The van der Waals surface area contributed by atoms with Crippen LogP contribution in [0.5, 0.6) is 0 Å². The second-order valence-electron chi connectivity index (χ2n) is 3.10. The number of carbonyl (C=O) groups excluding carboxylic acids is 2. The van der Waals surface area contributed by atoms with Crippen molar-refractivity contribution in [2.45, 2.75) is 6.54 Å². The van der Waals surface area contributed by atoms with Gasteiger partial charge in [0.05, 0.1) is 6.33 Å². The number of hydrogen-bond acceptors (Lipinski definition) is 4. The van der Waals surface area contributed by atoms with Crippen molar-refractivity contribution in [2.75, 3.05) is 19.6 Å². The van der Waals surface area contributed by atoms with E-state index < -0.39 is 11.8 Å². The van der Waals surface area contributed by atoms with Crippen molar-refractivity contribution in [1.82, 2.24) is 20.2 Å². The fourth-order valence-electron chi connectivity index (χ4n) is 1.06. The van der Waals surface area contributed by atoms with Crippen LogP contribution < -0.4 is 16.4 Å². The van der Waals surface area contributed by atoms with Crippen LogP contribution in [0.15, 0.2) is 18.7 Å². The summed E-state index contributed by atoms with van der Waals surface area (Å²) in [5, 5.41) is 4.87. The maximum absolute atomic E-state index is 11.2. The largest absolute Gasteiger partial charge is 0.347 e. The van der Waals surface area contributed by atoms with E-state index in [4.69, 9.17) is 5.73 Å². The molecule has 7 heteroatoms. The molecule has 2 amide bonds. The summed E-state index contributed by atoms with van der Waals surface area (Å²) in [7, 11) is 0. The topological polar surface area (TPSA) is 102 Å². The molecule has 0 bridgehead atoms. The molecule has 1 aromatic heterocycles. The van der Waals surface area contributed by atoms with E-state index in [-0.39, 0.29) is 0 Å². The number of carbonyl (C=O) groups is 2. The van der Waals surface area contributed by atoms with Gasteiger partial charge in [0.1, 0.15) is 0 Å². The molecule has 88 valence electrons. The Morgan fingerprint density at radius 2 is 1.94 bits per heavy atom. The highest BCUT2D eigenvalue weighted by Gasteiger charge is 2.10. The fourth-order valence-corrected chi connectivity index (χ4v) is 1.06. The second-order valence-corrected chi connectivity index (χ2v) is 3.10. The van der Waals surface area contributed by atoms with Gasteiger partial charge in [-0.15, -0.1) is 0 Å². The minimum atomic E-state index is -0.656. The predicted octanol–water partition coefficient (Wildman–Crippen LogP) is -1.93. The van der Waals surface area contributed by atoms with Crippen molar-refractivity contribution in [3.05, 3.63) is 18.7 Å². The van der Waals surface area contributed by atoms with E-state index in [0.717, 1.165) is 0 Å². The van der Waals surface area contributed by atoms with Gasteiger partial charge in [0.25, 0.3) is 0 Å². The quantitative estimate of drug-likeness (QED) is 0.508. The van der Waals surface area contributed by atoms with Crippen molar-refractivity contribution < 1.29 is 9.59 Å². The predicted molar refractivity (Wildman–Crippen MR) is 57.3 cm³/mol. The molecule has 1 rings (SSSR count). The highest BCUT2D eigenvalue weighted by Crippen LogP contribution is 1.83. The molecule has 0 aliphatic heterocycles. The number of aromatic nitrogens is 2. The van der Waals surface area contributed by atoms with Crippen LogP contribution >= 0.6 is 0 Å². The Kier molecular flexibility index (Phi) is 5.00.